The Kier molecular flexibility index (Phi) is 4.31. The Labute approximate surface area is 132 Å². The number of halogens is 1. The summed E-state index contributed by atoms with van der Waals surface area (Å²) in [6.45, 7) is 2.59. The molecule has 2 aliphatic rings. The number of carboxylic acid groups (broad SMARTS) is 1. The van der Waals surface area contributed by atoms with E-state index >= 15 is 0 Å². The molecule has 6 heteroatoms. The molecule has 2 heterocycles. The second-order valence-corrected chi connectivity index (χ2v) is 6.35. The van der Waals surface area contributed by atoms with E-state index in [4.69, 9.17) is 9.47 Å². The Bertz CT molecular complexity index is 503. The molecule has 1 aromatic carbocycles. The van der Waals surface area contributed by atoms with E-state index in [9.17, 15) is 9.90 Å². The molecule has 2 aliphatic heterocycles. The third kappa shape index (κ3) is 3.13. The van der Waals surface area contributed by atoms with Gasteiger partial charge >= 0.3 is 5.97 Å². The van der Waals surface area contributed by atoms with Crippen molar-refractivity contribution < 1.29 is 19.4 Å². The Hall–Kier alpha value is -0.950. The zero-order valence-corrected chi connectivity index (χ0v) is 13.2. The average Bonchev–Trinajstić information content (AvgIpc) is 2.92. The molecule has 0 unspecified atom stereocenters. The first-order valence-corrected chi connectivity index (χ1v) is 7.89. The van der Waals surface area contributed by atoms with Gasteiger partial charge in [-0.3, -0.25) is 9.69 Å². The number of rotatable bonds is 3. The summed E-state index contributed by atoms with van der Waals surface area (Å²) in [5.74, 6) is -1.29. The molecule has 1 N–H and O–H groups in total. The fraction of sp³-hybridized carbons (Fsp3) is 0.533. The van der Waals surface area contributed by atoms with Gasteiger partial charge in [0.1, 0.15) is 6.04 Å². The maximum Gasteiger partial charge on any atom is 0.325 e. The largest absolute Gasteiger partial charge is 0.480 e. The van der Waals surface area contributed by atoms with E-state index in [1.165, 1.54) is 0 Å². The van der Waals surface area contributed by atoms with Crippen LogP contribution in [-0.4, -0.2) is 48.1 Å². The van der Waals surface area contributed by atoms with Gasteiger partial charge in [0.25, 0.3) is 0 Å². The summed E-state index contributed by atoms with van der Waals surface area (Å²) in [7, 11) is 0. The van der Waals surface area contributed by atoms with Crippen molar-refractivity contribution in [2.24, 2.45) is 0 Å². The fourth-order valence-corrected chi connectivity index (χ4v) is 3.33. The van der Waals surface area contributed by atoms with Crippen LogP contribution in [-0.2, 0) is 14.3 Å². The lowest BCUT2D eigenvalue weighted by Gasteiger charge is -2.40. The third-order valence-corrected chi connectivity index (χ3v) is 4.69. The van der Waals surface area contributed by atoms with Gasteiger partial charge in [-0.25, -0.2) is 0 Å². The molecule has 3 rings (SSSR count). The van der Waals surface area contributed by atoms with Gasteiger partial charge in [0.05, 0.1) is 13.2 Å². The molecule has 0 amide bonds. The van der Waals surface area contributed by atoms with E-state index in [0.29, 0.717) is 39.1 Å². The first-order valence-electron chi connectivity index (χ1n) is 7.10. The Morgan fingerprint density at radius 1 is 1.19 bits per heavy atom. The van der Waals surface area contributed by atoms with E-state index < -0.39 is 17.8 Å². The lowest BCUT2D eigenvalue weighted by atomic mass is 9.98. The summed E-state index contributed by atoms with van der Waals surface area (Å²) < 4.78 is 12.3. The lowest BCUT2D eigenvalue weighted by Crippen LogP contribution is -2.47. The Morgan fingerprint density at radius 2 is 1.76 bits per heavy atom. The Balaban J connectivity index is 1.73. The first kappa shape index (κ1) is 15.0. The summed E-state index contributed by atoms with van der Waals surface area (Å²) >= 11 is 3.37. The molecule has 0 bridgehead atoms. The normalized spacial score (nSPS) is 23.3. The van der Waals surface area contributed by atoms with Crippen molar-refractivity contribution in [2.45, 2.75) is 24.7 Å². The van der Waals surface area contributed by atoms with Crippen LogP contribution < -0.4 is 0 Å². The lowest BCUT2D eigenvalue weighted by molar-refractivity contribution is -0.190. The molecule has 114 valence electrons. The quantitative estimate of drug-likeness (QED) is 0.902. The van der Waals surface area contributed by atoms with Crippen molar-refractivity contribution in [2.75, 3.05) is 26.3 Å². The maximum absolute atomic E-state index is 11.7. The minimum Gasteiger partial charge on any atom is -0.480 e. The zero-order chi connectivity index (χ0) is 14.9. The summed E-state index contributed by atoms with van der Waals surface area (Å²) in [5, 5.41) is 9.59. The summed E-state index contributed by atoms with van der Waals surface area (Å²) in [5.41, 5.74) is 0.801. The fourth-order valence-electron chi connectivity index (χ4n) is 3.06. The second-order valence-electron chi connectivity index (χ2n) is 5.44. The van der Waals surface area contributed by atoms with Crippen molar-refractivity contribution >= 4 is 21.9 Å². The maximum atomic E-state index is 11.7. The van der Waals surface area contributed by atoms with Gasteiger partial charge in [0.2, 0.25) is 0 Å². The smallest absolute Gasteiger partial charge is 0.325 e. The second kappa shape index (κ2) is 6.04. The van der Waals surface area contributed by atoms with Crippen LogP contribution in [0.15, 0.2) is 28.7 Å². The third-order valence-electron chi connectivity index (χ3n) is 4.16. The number of piperidine rings is 1. The molecule has 1 aromatic rings. The first-order chi connectivity index (χ1) is 10.1. The highest BCUT2D eigenvalue weighted by atomic mass is 79.9. The van der Waals surface area contributed by atoms with Crippen molar-refractivity contribution in [3.05, 3.63) is 34.3 Å². The number of hydrogen-bond acceptors (Lipinski definition) is 4. The van der Waals surface area contributed by atoms with Gasteiger partial charge in [0.15, 0.2) is 5.79 Å². The molecule has 0 saturated carbocycles. The van der Waals surface area contributed by atoms with Crippen LogP contribution in [0.25, 0.3) is 0 Å². The van der Waals surface area contributed by atoms with E-state index in [2.05, 4.69) is 15.9 Å². The van der Waals surface area contributed by atoms with Gasteiger partial charge in [-0.2, -0.15) is 0 Å². The number of hydrogen-bond donors (Lipinski definition) is 1. The van der Waals surface area contributed by atoms with E-state index in [1.807, 2.05) is 29.2 Å². The SMILES string of the molecule is O=C(O)[C@H](c1ccc(Br)cc1)N1CCC2(CC1)OCCO2. The van der Waals surface area contributed by atoms with Crippen molar-refractivity contribution in [3.8, 4) is 0 Å². The molecular formula is C15H18BrNO4. The van der Waals surface area contributed by atoms with Crippen LogP contribution in [0.2, 0.25) is 0 Å². The topological polar surface area (TPSA) is 59.0 Å². The van der Waals surface area contributed by atoms with Crippen LogP contribution in [0.4, 0.5) is 0 Å². The molecule has 0 radical (unpaired) electrons. The van der Waals surface area contributed by atoms with E-state index in [-0.39, 0.29) is 0 Å². The average molecular weight is 356 g/mol. The van der Waals surface area contributed by atoms with E-state index in [0.717, 1.165) is 10.0 Å². The van der Waals surface area contributed by atoms with Gasteiger partial charge in [-0.1, -0.05) is 28.1 Å². The van der Waals surface area contributed by atoms with Crippen molar-refractivity contribution in [1.82, 2.24) is 4.90 Å². The summed E-state index contributed by atoms with van der Waals surface area (Å²) in [6, 6.07) is 6.85. The predicted molar refractivity (Wildman–Crippen MR) is 80.0 cm³/mol. The van der Waals surface area contributed by atoms with Crippen LogP contribution in [0.3, 0.4) is 0 Å². The van der Waals surface area contributed by atoms with E-state index in [1.54, 1.807) is 0 Å². The number of aliphatic carboxylic acids is 1. The highest BCUT2D eigenvalue weighted by Crippen LogP contribution is 2.35. The van der Waals surface area contributed by atoms with Crippen LogP contribution in [0.5, 0.6) is 0 Å². The van der Waals surface area contributed by atoms with Crippen LogP contribution >= 0.6 is 15.9 Å². The predicted octanol–water partition coefficient (Wildman–Crippen LogP) is 2.41. The molecule has 21 heavy (non-hydrogen) atoms. The number of nitrogens with zero attached hydrogens (tertiary/aromatic N) is 1. The number of carboxylic acids is 1. The molecule has 2 fully saturated rings. The monoisotopic (exact) mass is 355 g/mol. The standard InChI is InChI=1S/C15H18BrNO4/c16-12-3-1-11(2-4-12)13(14(18)19)17-7-5-15(6-8-17)20-9-10-21-15/h1-4,13H,5-10H2,(H,18,19)/t13-/m0/s1. The molecule has 2 saturated heterocycles. The van der Waals surface area contributed by atoms with Crippen LogP contribution in [0, 0.1) is 0 Å². The number of ether oxygens (including phenoxy) is 2. The molecule has 1 spiro atoms. The molecule has 0 aliphatic carbocycles. The molecular weight excluding hydrogens is 338 g/mol. The van der Waals surface area contributed by atoms with Gasteiger partial charge < -0.3 is 14.6 Å². The number of likely N-dealkylation sites (tertiary alicyclic amines) is 1. The van der Waals surface area contributed by atoms with Gasteiger partial charge in [-0.15, -0.1) is 0 Å². The van der Waals surface area contributed by atoms with Crippen molar-refractivity contribution in [1.29, 1.82) is 0 Å². The minimum absolute atomic E-state index is 0.473. The number of carbonyl (C=O) groups is 1. The highest BCUT2D eigenvalue weighted by Gasteiger charge is 2.42. The molecule has 5 nitrogen and oxygen atoms in total. The van der Waals surface area contributed by atoms with Gasteiger partial charge in [-0.05, 0) is 17.7 Å². The Morgan fingerprint density at radius 3 is 2.29 bits per heavy atom. The zero-order valence-electron chi connectivity index (χ0n) is 11.6. The van der Waals surface area contributed by atoms with Gasteiger partial charge in [0, 0.05) is 30.4 Å². The van der Waals surface area contributed by atoms with Crippen LogP contribution in [0.1, 0.15) is 24.4 Å². The summed E-state index contributed by atoms with van der Waals surface area (Å²) in [6.07, 6.45) is 1.43. The van der Waals surface area contributed by atoms with Crippen molar-refractivity contribution in [3.63, 3.8) is 0 Å². The molecule has 1 atom stereocenters. The molecule has 0 aromatic heterocycles. The highest BCUT2D eigenvalue weighted by molar-refractivity contribution is 9.10. The number of benzene rings is 1. The minimum atomic E-state index is -0.818. The summed E-state index contributed by atoms with van der Waals surface area (Å²) in [4.78, 5) is 13.7.